The van der Waals surface area contributed by atoms with Crippen LogP contribution in [0.3, 0.4) is 0 Å². The molecular weight excluding hydrogens is 686 g/mol. The van der Waals surface area contributed by atoms with Crippen molar-refractivity contribution in [3.8, 4) is 11.3 Å². The number of nitrogens with zero attached hydrogens (tertiary/aromatic N) is 5. The maximum Gasteiger partial charge on any atom is 0.249 e. The number of fused-ring (bicyclic) bond motifs is 2. The number of primary amides is 1. The number of nitrogens with one attached hydrogen (secondary N) is 1. The first-order valence-corrected chi connectivity index (χ1v) is 18.6. The minimum Gasteiger partial charge on any atom is -0.366 e. The first-order chi connectivity index (χ1) is 25.1. The van der Waals surface area contributed by atoms with Gasteiger partial charge in [-0.15, -0.1) is 0 Å². The summed E-state index contributed by atoms with van der Waals surface area (Å²) in [7, 11) is 0. The quantitative estimate of drug-likeness (QED) is 0.168. The van der Waals surface area contributed by atoms with E-state index in [0.717, 1.165) is 37.2 Å². The average Bonchev–Trinajstić information content (AvgIpc) is 3.75. The predicted octanol–water partition coefficient (Wildman–Crippen LogP) is 8.13. The Labute approximate surface area is 305 Å². The predicted molar refractivity (Wildman–Crippen MR) is 196 cm³/mol. The van der Waals surface area contributed by atoms with E-state index < -0.39 is 46.0 Å². The van der Waals surface area contributed by atoms with Crippen molar-refractivity contribution in [3.05, 3.63) is 65.0 Å². The third kappa shape index (κ3) is 5.43. The number of alkyl halides is 2. The molecular formula is C40H45F4N7O2. The highest BCUT2D eigenvalue weighted by Gasteiger charge is 2.56. The first-order valence-electron chi connectivity index (χ1n) is 18.6. The fourth-order valence-electron chi connectivity index (χ4n) is 9.11. The van der Waals surface area contributed by atoms with Gasteiger partial charge in [-0.1, -0.05) is 18.6 Å². The third-order valence-electron chi connectivity index (χ3n) is 12.4. The van der Waals surface area contributed by atoms with Gasteiger partial charge in [0, 0.05) is 40.0 Å². The third-order valence-corrected chi connectivity index (χ3v) is 12.4. The molecule has 3 fully saturated rings. The summed E-state index contributed by atoms with van der Waals surface area (Å²) < 4.78 is 62.0. The van der Waals surface area contributed by atoms with Crippen molar-refractivity contribution in [2.45, 2.75) is 114 Å². The molecule has 0 atom stereocenters. The van der Waals surface area contributed by atoms with E-state index >= 15 is 8.78 Å². The number of carbonyl (C=O) groups excluding carboxylic acids is 2. The maximum absolute atomic E-state index is 15.9. The van der Waals surface area contributed by atoms with Gasteiger partial charge in [0.25, 0.3) is 0 Å². The number of nitrogens with two attached hydrogens (primary N) is 1. The number of amides is 2. The van der Waals surface area contributed by atoms with Crippen molar-refractivity contribution in [1.29, 1.82) is 0 Å². The summed E-state index contributed by atoms with van der Waals surface area (Å²) in [6.45, 7) is 12.2. The molecule has 4 heterocycles. The van der Waals surface area contributed by atoms with Gasteiger partial charge in [0.05, 0.1) is 34.1 Å². The van der Waals surface area contributed by atoms with Crippen molar-refractivity contribution in [2.24, 2.45) is 5.73 Å². The van der Waals surface area contributed by atoms with Crippen molar-refractivity contribution < 1.29 is 27.2 Å². The lowest BCUT2D eigenvalue weighted by molar-refractivity contribution is -0.123. The molecule has 2 aromatic carbocycles. The molecule has 9 nitrogen and oxygen atoms in total. The highest BCUT2D eigenvalue weighted by molar-refractivity contribution is 6.09. The van der Waals surface area contributed by atoms with Crippen LogP contribution in [-0.2, 0) is 15.6 Å². The zero-order valence-electron chi connectivity index (χ0n) is 30.7. The molecule has 1 saturated heterocycles. The van der Waals surface area contributed by atoms with Crippen LogP contribution >= 0.6 is 0 Å². The number of pyridine rings is 1. The second-order valence-corrected chi connectivity index (χ2v) is 16.5. The van der Waals surface area contributed by atoms with Crippen LogP contribution in [0, 0.1) is 11.6 Å². The number of hydrogen-bond donors (Lipinski definition) is 2. The Bertz CT molecular complexity index is 2160. The molecule has 8 rings (SSSR count). The van der Waals surface area contributed by atoms with Gasteiger partial charge < -0.3 is 20.5 Å². The minimum atomic E-state index is -2.96. The lowest BCUT2D eigenvalue weighted by Crippen LogP contribution is -2.64. The molecule has 280 valence electrons. The number of carbonyl (C=O) groups is 2. The molecule has 2 aliphatic heterocycles. The largest absolute Gasteiger partial charge is 0.366 e. The Hall–Kier alpha value is -4.52. The van der Waals surface area contributed by atoms with Gasteiger partial charge in [-0.05, 0) is 110 Å². The van der Waals surface area contributed by atoms with Crippen molar-refractivity contribution >= 4 is 40.0 Å². The lowest BCUT2D eigenvalue weighted by Gasteiger charge is -2.55. The second-order valence-electron chi connectivity index (χ2n) is 16.5. The Morgan fingerprint density at radius 2 is 1.72 bits per heavy atom. The number of hydrogen-bond acceptors (Lipinski definition) is 6. The number of imidazole rings is 1. The van der Waals surface area contributed by atoms with Crippen molar-refractivity contribution in [3.63, 3.8) is 0 Å². The molecule has 0 unspecified atom stereocenters. The molecule has 2 amide bonds. The normalized spacial score (nSPS) is 23.5. The summed E-state index contributed by atoms with van der Waals surface area (Å²) in [5.74, 6) is -3.88. The van der Waals surface area contributed by atoms with Gasteiger partial charge in [-0.2, -0.15) is 0 Å². The summed E-state index contributed by atoms with van der Waals surface area (Å²) in [5, 5.41) is 2.87. The molecule has 0 radical (unpaired) electrons. The van der Waals surface area contributed by atoms with E-state index in [-0.39, 0.29) is 47.8 Å². The van der Waals surface area contributed by atoms with E-state index in [1.54, 1.807) is 17.0 Å². The average molecular weight is 732 g/mol. The highest BCUT2D eigenvalue weighted by Crippen LogP contribution is 2.57. The van der Waals surface area contributed by atoms with E-state index in [1.807, 2.05) is 50.8 Å². The monoisotopic (exact) mass is 731 g/mol. The van der Waals surface area contributed by atoms with Crippen molar-refractivity contribution in [1.82, 2.24) is 19.4 Å². The summed E-state index contributed by atoms with van der Waals surface area (Å²) in [4.78, 5) is 40.6. The molecule has 2 saturated carbocycles. The molecule has 4 aromatic rings. The number of piperidine rings is 1. The Morgan fingerprint density at radius 1 is 1.02 bits per heavy atom. The van der Waals surface area contributed by atoms with Crippen molar-refractivity contribution in [2.75, 3.05) is 23.3 Å². The van der Waals surface area contributed by atoms with Gasteiger partial charge >= 0.3 is 0 Å². The smallest absolute Gasteiger partial charge is 0.249 e. The Kier molecular flexibility index (Phi) is 8.21. The number of halogens is 4. The molecule has 2 aromatic heterocycles. The fourth-order valence-corrected chi connectivity index (χ4v) is 9.11. The summed E-state index contributed by atoms with van der Waals surface area (Å²) in [6, 6.07) is 8.05. The van der Waals surface area contributed by atoms with Crippen LogP contribution in [0.4, 0.5) is 34.8 Å². The molecule has 4 aliphatic rings. The zero-order valence-corrected chi connectivity index (χ0v) is 30.7. The topological polar surface area (TPSA) is 109 Å². The number of aromatic nitrogens is 3. The number of likely N-dealkylation sites (tertiary alicyclic amines) is 1. The van der Waals surface area contributed by atoms with Gasteiger partial charge in [0.1, 0.15) is 5.52 Å². The Morgan fingerprint density at radius 3 is 2.34 bits per heavy atom. The van der Waals surface area contributed by atoms with Gasteiger partial charge in [0.15, 0.2) is 17.5 Å². The summed E-state index contributed by atoms with van der Waals surface area (Å²) >= 11 is 0. The SMILES string of the molecule is CC(C)n1cnc2cc(-c3ccc4c(c3)N(C3CC(C)(N5CCCCC5)C3)C(=O)C4(C)C)nc(Nc3c(F)c(F)cc(C(N)=O)c3C3(C(F)F)CC3)c21. The molecule has 0 bridgehead atoms. The summed E-state index contributed by atoms with van der Waals surface area (Å²) in [5.41, 5.74) is 5.24. The minimum absolute atomic E-state index is 0.0314. The molecule has 2 aliphatic carbocycles. The van der Waals surface area contributed by atoms with Gasteiger partial charge in [-0.25, -0.2) is 27.5 Å². The zero-order chi connectivity index (χ0) is 37.8. The molecule has 13 heteroatoms. The van der Waals surface area contributed by atoms with Crippen LogP contribution in [0.2, 0.25) is 0 Å². The van der Waals surface area contributed by atoms with Crippen LogP contribution in [0.15, 0.2) is 36.7 Å². The van der Waals surface area contributed by atoms with Gasteiger partial charge in [-0.3, -0.25) is 14.5 Å². The van der Waals surface area contributed by atoms with Gasteiger partial charge in [0.2, 0.25) is 18.2 Å². The highest BCUT2D eigenvalue weighted by atomic mass is 19.3. The number of rotatable bonds is 9. The maximum atomic E-state index is 15.9. The molecule has 53 heavy (non-hydrogen) atoms. The number of anilines is 3. The molecule has 3 N–H and O–H groups in total. The first kappa shape index (κ1) is 35.5. The standard InChI is InChI=1S/C40H45F4N7O2/c1-21(2)50-20-46-28-17-27(47-35(33(28)50)48-32-30(40(11-12-40)36(43)44)24(34(45)52)16-26(41)31(32)42)22-9-10-25-29(15-22)51(37(53)38(25,3)4)23-18-39(5,19-23)49-13-7-6-8-14-49/h9-10,15-17,20-21,23,36H,6-8,11-14,18-19H2,1-5H3,(H2,45,52)(H,47,48). The van der Waals surface area contributed by atoms with E-state index in [2.05, 4.69) is 22.1 Å². The number of benzene rings is 2. The van der Waals surface area contributed by atoms with Crippen LogP contribution in [0.5, 0.6) is 0 Å². The Balaban J connectivity index is 1.24. The van der Waals surface area contributed by atoms with Crippen LogP contribution < -0.4 is 16.0 Å². The second kappa shape index (κ2) is 12.3. The van der Waals surface area contributed by atoms with E-state index in [4.69, 9.17) is 10.7 Å². The fraction of sp³-hybridized carbons (Fsp3) is 0.500. The van der Waals surface area contributed by atoms with E-state index in [9.17, 15) is 18.4 Å². The van der Waals surface area contributed by atoms with Crippen LogP contribution in [0.25, 0.3) is 22.3 Å². The lowest BCUT2D eigenvalue weighted by atomic mass is 9.71. The molecule has 0 spiro atoms. The van der Waals surface area contributed by atoms with Crippen LogP contribution in [0.1, 0.15) is 107 Å². The van der Waals surface area contributed by atoms with E-state index in [1.165, 1.54) is 19.3 Å². The van der Waals surface area contributed by atoms with Crippen LogP contribution in [-0.4, -0.2) is 62.3 Å². The van der Waals surface area contributed by atoms with E-state index in [0.29, 0.717) is 28.4 Å². The summed E-state index contributed by atoms with van der Waals surface area (Å²) in [6.07, 6.45) is 3.97.